The highest BCUT2D eigenvalue weighted by atomic mass is 35.5. The molecule has 0 spiro atoms. The minimum Gasteiger partial charge on any atom is -0.348 e. The van der Waals surface area contributed by atoms with Crippen molar-refractivity contribution < 1.29 is 4.79 Å². The van der Waals surface area contributed by atoms with Gasteiger partial charge in [0.05, 0.1) is 0 Å². The summed E-state index contributed by atoms with van der Waals surface area (Å²) in [6, 6.07) is 24.8. The van der Waals surface area contributed by atoms with Crippen LogP contribution in [-0.4, -0.2) is 10.9 Å². The molecule has 0 aliphatic carbocycles. The van der Waals surface area contributed by atoms with Crippen molar-refractivity contribution in [3.8, 4) is 0 Å². The lowest BCUT2D eigenvalue weighted by molar-refractivity contribution is 0.0951. The van der Waals surface area contributed by atoms with Gasteiger partial charge in [-0.15, -0.1) is 0 Å². The van der Waals surface area contributed by atoms with E-state index in [4.69, 9.17) is 11.6 Å². The second-order valence-corrected chi connectivity index (χ2v) is 6.83. The number of nitrogens with one attached hydrogen (secondary N) is 2. The Hall–Kier alpha value is -3.37. The summed E-state index contributed by atoms with van der Waals surface area (Å²) in [7, 11) is 0. The summed E-state index contributed by atoms with van der Waals surface area (Å²) >= 11 is 6.12. The third-order valence-corrected chi connectivity index (χ3v) is 4.67. The third kappa shape index (κ3) is 4.13. The van der Waals surface area contributed by atoms with Gasteiger partial charge in [-0.05, 0) is 53.4 Å². The molecule has 0 radical (unpaired) electrons. The van der Waals surface area contributed by atoms with Crippen LogP contribution >= 0.6 is 11.6 Å². The van der Waals surface area contributed by atoms with Gasteiger partial charge in [0, 0.05) is 34.4 Å². The molecule has 0 aliphatic rings. The smallest absolute Gasteiger partial charge is 0.251 e. The van der Waals surface area contributed by atoms with Crippen LogP contribution in [0.5, 0.6) is 0 Å². The van der Waals surface area contributed by atoms with Gasteiger partial charge >= 0.3 is 0 Å². The number of carbonyl (C=O) groups excluding carboxylic acids is 1. The molecule has 4 aromatic rings. The van der Waals surface area contributed by atoms with E-state index < -0.39 is 0 Å². The molecule has 0 aliphatic heterocycles. The minimum absolute atomic E-state index is 0.106. The van der Waals surface area contributed by atoms with Crippen LogP contribution in [0, 0.1) is 0 Å². The van der Waals surface area contributed by atoms with Gasteiger partial charge in [-0.25, -0.2) is 4.98 Å². The van der Waals surface area contributed by atoms with Gasteiger partial charge in [0.2, 0.25) is 0 Å². The van der Waals surface area contributed by atoms with Crippen molar-refractivity contribution >= 4 is 39.8 Å². The first-order chi connectivity index (χ1) is 13.7. The lowest BCUT2D eigenvalue weighted by atomic mass is 10.1. The number of nitrogens with zero attached hydrogens (tertiary/aromatic N) is 1. The van der Waals surface area contributed by atoms with Gasteiger partial charge in [0.15, 0.2) is 0 Å². The first-order valence-electron chi connectivity index (χ1n) is 8.92. The van der Waals surface area contributed by atoms with E-state index in [0.717, 1.165) is 27.8 Å². The highest BCUT2D eigenvalue weighted by molar-refractivity contribution is 6.31. The van der Waals surface area contributed by atoms with E-state index in [0.29, 0.717) is 17.1 Å². The number of fused-ring (bicyclic) bond motifs is 1. The number of rotatable bonds is 5. The van der Waals surface area contributed by atoms with Gasteiger partial charge in [-0.2, -0.15) is 0 Å². The van der Waals surface area contributed by atoms with Crippen molar-refractivity contribution in [2.24, 2.45) is 0 Å². The Balaban J connectivity index is 1.46. The van der Waals surface area contributed by atoms with E-state index in [-0.39, 0.29) is 5.91 Å². The predicted octanol–water partition coefficient (Wildman–Crippen LogP) is 5.56. The van der Waals surface area contributed by atoms with Crippen molar-refractivity contribution in [3.63, 3.8) is 0 Å². The summed E-state index contributed by atoms with van der Waals surface area (Å²) in [4.78, 5) is 16.8. The average molecular weight is 388 g/mol. The molecule has 4 nitrogen and oxygen atoms in total. The molecule has 0 unspecified atom stereocenters. The number of halogens is 1. The molecule has 2 N–H and O–H groups in total. The number of hydrogen-bond acceptors (Lipinski definition) is 3. The maximum Gasteiger partial charge on any atom is 0.251 e. The van der Waals surface area contributed by atoms with Crippen LogP contribution in [0.2, 0.25) is 5.02 Å². The van der Waals surface area contributed by atoms with Crippen LogP contribution in [0.15, 0.2) is 85.1 Å². The van der Waals surface area contributed by atoms with Crippen LogP contribution in [0.1, 0.15) is 15.9 Å². The molecule has 5 heteroatoms. The number of amides is 1. The third-order valence-electron chi connectivity index (χ3n) is 4.43. The molecule has 0 atom stereocenters. The van der Waals surface area contributed by atoms with E-state index in [1.165, 1.54) is 0 Å². The Morgan fingerprint density at radius 1 is 0.929 bits per heavy atom. The van der Waals surface area contributed by atoms with Gasteiger partial charge in [-0.3, -0.25) is 4.79 Å². The fourth-order valence-electron chi connectivity index (χ4n) is 2.96. The second-order valence-electron chi connectivity index (χ2n) is 6.40. The number of benzene rings is 3. The van der Waals surface area contributed by atoms with Crippen LogP contribution < -0.4 is 10.6 Å². The van der Waals surface area contributed by atoms with Crippen molar-refractivity contribution in [3.05, 3.63) is 101 Å². The lowest BCUT2D eigenvalue weighted by Gasteiger charge is -2.10. The van der Waals surface area contributed by atoms with Gasteiger partial charge in [0.1, 0.15) is 5.82 Å². The van der Waals surface area contributed by atoms with E-state index >= 15 is 0 Å². The fraction of sp³-hybridized carbons (Fsp3) is 0.0435. The number of pyridine rings is 1. The van der Waals surface area contributed by atoms with E-state index in [9.17, 15) is 4.79 Å². The Bertz CT molecular complexity index is 1110. The van der Waals surface area contributed by atoms with Crippen LogP contribution in [0.4, 0.5) is 11.5 Å². The number of anilines is 2. The first kappa shape index (κ1) is 18.0. The van der Waals surface area contributed by atoms with E-state index in [2.05, 4.69) is 15.6 Å². The Morgan fingerprint density at radius 2 is 1.71 bits per heavy atom. The Morgan fingerprint density at radius 3 is 2.50 bits per heavy atom. The van der Waals surface area contributed by atoms with Crippen LogP contribution in [0.3, 0.4) is 0 Å². The van der Waals surface area contributed by atoms with Gasteiger partial charge < -0.3 is 10.6 Å². The summed E-state index contributed by atoms with van der Waals surface area (Å²) < 4.78 is 0. The Labute approximate surface area is 168 Å². The first-order valence-corrected chi connectivity index (χ1v) is 9.30. The normalized spacial score (nSPS) is 10.6. The zero-order valence-electron chi connectivity index (χ0n) is 15.0. The lowest BCUT2D eigenvalue weighted by Crippen LogP contribution is -2.22. The van der Waals surface area contributed by atoms with Crippen LogP contribution in [-0.2, 0) is 6.54 Å². The molecular formula is C23H18ClN3O. The van der Waals surface area contributed by atoms with E-state index in [1.54, 1.807) is 18.3 Å². The predicted molar refractivity (Wildman–Crippen MR) is 114 cm³/mol. The summed E-state index contributed by atoms with van der Waals surface area (Å²) in [6.07, 6.45) is 1.75. The highest BCUT2D eigenvalue weighted by Gasteiger charge is 2.07. The summed E-state index contributed by atoms with van der Waals surface area (Å²) in [5, 5.41) is 8.88. The summed E-state index contributed by atoms with van der Waals surface area (Å²) in [5.74, 6) is 0.617. The molecule has 4 rings (SSSR count). The zero-order valence-corrected chi connectivity index (χ0v) is 15.8. The quantitative estimate of drug-likeness (QED) is 0.471. The maximum absolute atomic E-state index is 12.3. The SMILES string of the molecule is O=C(NCc1ccccc1)c1ccc(Nc2nccc3ccc(Cl)cc23)cc1. The fourth-order valence-corrected chi connectivity index (χ4v) is 3.13. The monoisotopic (exact) mass is 387 g/mol. The molecule has 1 heterocycles. The standard InChI is InChI=1S/C23H18ClN3O/c24-19-9-6-17-12-13-25-22(21(17)14-19)27-20-10-7-18(8-11-20)23(28)26-15-16-4-2-1-3-5-16/h1-14H,15H2,(H,25,27)(H,26,28). The number of hydrogen-bond donors (Lipinski definition) is 2. The summed E-state index contributed by atoms with van der Waals surface area (Å²) in [6.45, 7) is 0.500. The molecule has 3 aromatic carbocycles. The summed E-state index contributed by atoms with van der Waals surface area (Å²) in [5.41, 5.74) is 2.52. The van der Waals surface area contributed by atoms with Crippen molar-refractivity contribution in [1.82, 2.24) is 10.3 Å². The van der Waals surface area contributed by atoms with Gasteiger partial charge in [0.25, 0.3) is 5.91 Å². The molecule has 1 amide bonds. The molecule has 0 fully saturated rings. The van der Waals surface area contributed by atoms with Crippen molar-refractivity contribution in [1.29, 1.82) is 0 Å². The Kier molecular flexibility index (Phi) is 5.22. The molecule has 28 heavy (non-hydrogen) atoms. The number of aromatic nitrogens is 1. The molecule has 0 saturated heterocycles. The molecule has 0 saturated carbocycles. The molecule has 1 aromatic heterocycles. The second kappa shape index (κ2) is 8.11. The molecule has 0 bridgehead atoms. The number of carbonyl (C=O) groups is 1. The van der Waals surface area contributed by atoms with Crippen molar-refractivity contribution in [2.75, 3.05) is 5.32 Å². The topological polar surface area (TPSA) is 54.0 Å². The highest BCUT2D eigenvalue weighted by Crippen LogP contribution is 2.27. The molecule has 138 valence electrons. The average Bonchev–Trinajstić information content (AvgIpc) is 2.74. The van der Waals surface area contributed by atoms with Crippen molar-refractivity contribution in [2.45, 2.75) is 6.54 Å². The largest absolute Gasteiger partial charge is 0.348 e. The zero-order chi connectivity index (χ0) is 19.3. The maximum atomic E-state index is 12.3. The minimum atomic E-state index is -0.106. The molecular weight excluding hydrogens is 370 g/mol. The van der Waals surface area contributed by atoms with Crippen LogP contribution in [0.25, 0.3) is 10.8 Å². The van der Waals surface area contributed by atoms with Gasteiger partial charge in [-0.1, -0.05) is 48.0 Å². The van der Waals surface area contributed by atoms with E-state index in [1.807, 2.05) is 66.7 Å².